The normalized spacial score (nSPS) is 18.4. The molecule has 3 aromatic rings. The number of carbonyl (C=O) groups is 1. The van der Waals surface area contributed by atoms with Crippen LogP contribution in [-0.2, 0) is 4.79 Å². The Labute approximate surface area is 163 Å². The van der Waals surface area contributed by atoms with E-state index in [1.165, 1.54) is 4.70 Å². The fourth-order valence-electron chi connectivity index (χ4n) is 3.64. The topological polar surface area (TPSA) is 42.4 Å². The van der Waals surface area contributed by atoms with Crippen molar-refractivity contribution in [2.45, 2.75) is 38.7 Å². The molecule has 1 aromatic heterocycles. The van der Waals surface area contributed by atoms with Gasteiger partial charge in [0.15, 0.2) is 6.10 Å². The van der Waals surface area contributed by atoms with E-state index in [9.17, 15) is 4.79 Å². The van der Waals surface area contributed by atoms with Gasteiger partial charge in [-0.05, 0) is 56.5 Å². The zero-order valence-electron chi connectivity index (χ0n) is 15.7. The van der Waals surface area contributed by atoms with Gasteiger partial charge in [-0.1, -0.05) is 24.3 Å². The van der Waals surface area contributed by atoms with E-state index in [-0.39, 0.29) is 5.91 Å². The van der Waals surface area contributed by atoms with Crippen LogP contribution in [0.2, 0.25) is 0 Å². The van der Waals surface area contributed by atoms with Crippen molar-refractivity contribution in [1.29, 1.82) is 0 Å². The molecule has 5 heteroatoms. The van der Waals surface area contributed by atoms with Crippen molar-refractivity contribution >= 4 is 27.5 Å². The van der Waals surface area contributed by atoms with Crippen molar-refractivity contribution in [1.82, 2.24) is 9.88 Å². The van der Waals surface area contributed by atoms with Gasteiger partial charge >= 0.3 is 0 Å². The van der Waals surface area contributed by atoms with Crippen LogP contribution >= 0.6 is 11.3 Å². The Morgan fingerprint density at radius 2 is 2.11 bits per heavy atom. The number of thiazole rings is 1. The second-order valence-corrected chi connectivity index (χ2v) is 8.28. The number of benzene rings is 2. The monoisotopic (exact) mass is 380 g/mol. The van der Waals surface area contributed by atoms with E-state index >= 15 is 0 Å². The molecule has 140 valence electrons. The van der Waals surface area contributed by atoms with Gasteiger partial charge in [0.25, 0.3) is 5.91 Å². The van der Waals surface area contributed by atoms with Crippen LogP contribution in [0.3, 0.4) is 0 Å². The van der Waals surface area contributed by atoms with Crippen LogP contribution in [0.5, 0.6) is 5.75 Å². The van der Waals surface area contributed by atoms with Gasteiger partial charge in [-0.25, -0.2) is 4.98 Å². The van der Waals surface area contributed by atoms with Crippen LogP contribution in [0.4, 0.5) is 0 Å². The average molecular weight is 381 g/mol. The first-order chi connectivity index (χ1) is 13.1. The second kappa shape index (κ2) is 7.69. The number of nitrogens with zero attached hydrogens (tertiary/aromatic N) is 2. The number of piperidine rings is 1. The Balaban J connectivity index is 1.44. The molecule has 0 spiro atoms. The van der Waals surface area contributed by atoms with Gasteiger partial charge in [0, 0.05) is 19.0 Å². The molecule has 0 bridgehead atoms. The van der Waals surface area contributed by atoms with Gasteiger partial charge in [-0.2, -0.15) is 0 Å². The Bertz CT molecular complexity index is 919. The van der Waals surface area contributed by atoms with Crippen LogP contribution in [0.25, 0.3) is 10.2 Å². The minimum absolute atomic E-state index is 0.0577. The quantitative estimate of drug-likeness (QED) is 0.654. The Kier molecular flexibility index (Phi) is 5.12. The maximum Gasteiger partial charge on any atom is 0.263 e. The van der Waals surface area contributed by atoms with E-state index in [1.807, 2.05) is 55.1 Å². The number of fused-ring (bicyclic) bond motifs is 1. The van der Waals surface area contributed by atoms with Gasteiger partial charge < -0.3 is 9.64 Å². The van der Waals surface area contributed by atoms with Crippen molar-refractivity contribution in [3.8, 4) is 5.75 Å². The molecule has 2 heterocycles. The Morgan fingerprint density at radius 1 is 1.26 bits per heavy atom. The van der Waals surface area contributed by atoms with Crippen molar-refractivity contribution in [3.63, 3.8) is 0 Å². The molecule has 1 fully saturated rings. The SMILES string of the molecule is Cc1cccc(O[C@@H](C)C(=O)N2CCC[C@@H](c3nc4ccccc4s3)C2)c1. The molecule has 2 atom stereocenters. The first-order valence-electron chi connectivity index (χ1n) is 9.48. The number of amides is 1. The van der Waals surface area contributed by atoms with Crippen LogP contribution in [0.15, 0.2) is 48.5 Å². The summed E-state index contributed by atoms with van der Waals surface area (Å²) in [4.78, 5) is 19.7. The maximum absolute atomic E-state index is 12.9. The largest absolute Gasteiger partial charge is 0.481 e. The molecule has 1 saturated heterocycles. The van der Waals surface area contributed by atoms with Crippen molar-refractivity contribution in [2.24, 2.45) is 0 Å². The van der Waals surface area contributed by atoms with Crippen LogP contribution in [0, 0.1) is 6.92 Å². The number of likely N-dealkylation sites (tertiary alicyclic amines) is 1. The molecule has 1 amide bonds. The van der Waals surface area contributed by atoms with Gasteiger partial charge in [-0.3, -0.25) is 4.79 Å². The highest BCUT2D eigenvalue weighted by molar-refractivity contribution is 7.18. The fourth-order valence-corrected chi connectivity index (χ4v) is 4.74. The first kappa shape index (κ1) is 18.0. The number of ether oxygens (including phenoxy) is 1. The summed E-state index contributed by atoms with van der Waals surface area (Å²) in [6, 6.07) is 16.1. The standard InChI is InChI=1S/C22H24N2O2S/c1-15-7-5-9-18(13-15)26-16(2)22(25)24-12-6-8-17(14-24)21-23-19-10-3-4-11-20(19)27-21/h3-5,7,9-11,13,16-17H,6,8,12,14H2,1-2H3/t16-,17+/m0/s1. The lowest BCUT2D eigenvalue weighted by Gasteiger charge is -2.33. The van der Waals surface area contributed by atoms with Gasteiger partial charge in [0.1, 0.15) is 5.75 Å². The summed E-state index contributed by atoms with van der Waals surface area (Å²) in [5.74, 6) is 1.11. The number of para-hydroxylation sites is 1. The summed E-state index contributed by atoms with van der Waals surface area (Å²) < 4.78 is 7.11. The Hall–Kier alpha value is -2.40. The number of aryl methyl sites for hydroxylation is 1. The van der Waals surface area contributed by atoms with Crippen LogP contribution < -0.4 is 4.74 Å². The smallest absolute Gasteiger partial charge is 0.263 e. The van der Waals surface area contributed by atoms with E-state index in [2.05, 4.69) is 12.1 Å². The van der Waals surface area contributed by atoms with E-state index in [1.54, 1.807) is 11.3 Å². The number of rotatable bonds is 4. The zero-order chi connectivity index (χ0) is 18.8. The van der Waals surface area contributed by atoms with E-state index in [4.69, 9.17) is 9.72 Å². The molecule has 2 aromatic carbocycles. The Morgan fingerprint density at radius 3 is 2.93 bits per heavy atom. The zero-order valence-corrected chi connectivity index (χ0v) is 16.5. The van der Waals surface area contributed by atoms with Gasteiger partial charge in [0.05, 0.1) is 15.2 Å². The minimum Gasteiger partial charge on any atom is -0.481 e. The fraction of sp³-hybridized carbons (Fsp3) is 0.364. The summed E-state index contributed by atoms with van der Waals surface area (Å²) in [5.41, 5.74) is 2.18. The van der Waals surface area contributed by atoms with Crippen molar-refractivity contribution in [3.05, 3.63) is 59.1 Å². The molecule has 1 aliphatic heterocycles. The molecule has 27 heavy (non-hydrogen) atoms. The lowest BCUT2D eigenvalue weighted by Crippen LogP contribution is -2.45. The highest BCUT2D eigenvalue weighted by Crippen LogP contribution is 2.33. The van der Waals surface area contributed by atoms with Crippen LogP contribution in [0.1, 0.15) is 36.3 Å². The molecule has 0 aliphatic carbocycles. The summed E-state index contributed by atoms with van der Waals surface area (Å²) in [6.07, 6.45) is 1.60. The van der Waals surface area contributed by atoms with E-state index < -0.39 is 6.10 Å². The molecule has 0 N–H and O–H groups in total. The lowest BCUT2D eigenvalue weighted by molar-refractivity contribution is -0.139. The predicted molar refractivity (Wildman–Crippen MR) is 109 cm³/mol. The number of carbonyl (C=O) groups excluding carboxylic acids is 1. The molecule has 4 nitrogen and oxygen atoms in total. The summed E-state index contributed by atoms with van der Waals surface area (Å²) in [7, 11) is 0. The number of hydrogen-bond acceptors (Lipinski definition) is 4. The number of aromatic nitrogens is 1. The van der Waals surface area contributed by atoms with E-state index in [0.29, 0.717) is 5.92 Å². The first-order valence-corrected chi connectivity index (χ1v) is 10.3. The summed E-state index contributed by atoms with van der Waals surface area (Å²) in [6.45, 7) is 5.38. The lowest BCUT2D eigenvalue weighted by atomic mass is 9.98. The van der Waals surface area contributed by atoms with Crippen molar-refractivity contribution in [2.75, 3.05) is 13.1 Å². The summed E-state index contributed by atoms with van der Waals surface area (Å²) >= 11 is 1.75. The molecule has 0 radical (unpaired) electrons. The van der Waals surface area contributed by atoms with E-state index in [0.717, 1.165) is 47.8 Å². The molecule has 4 rings (SSSR count). The number of hydrogen-bond donors (Lipinski definition) is 0. The highest BCUT2D eigenvalue weighted by Gasteiger charge is 2.30. The predicted octanol–water partition coefficient (Wildman–Crippen LogP) is 4.78. The van der Waals surface area contributed by atoms with Gasteiger partial charge in [0.2, 0.25) is 0 Å². The third-order valence-corrected chi connectivity index (χ3v) is 6.24. The highest BCUT2D eigenvalue weighted by atomic mass is 32.1. The van der Waals surface area contributed by atoms with Gasteiger partial charge in [-0.15, -0.1) is 11.3 Å². The van der Waals surface area contributed by atoms with Crippen LogP contribution in [-0.4, -0.2) is 35.0 Å². The third kappa shape index (κ3) is 3.98. The maximum atomic E-state index is 12.9. The molecule has 1 aliphatic rings. The summed E-state index contributed by atoms with van der Waals surface area (Å²) in [5, 5.41) is 1.14. The minimum atomic E-state index is -0.485. The second-order valence-electron chi connectivity index (χ2n) is 7.22. The molecular formula is C22H24N2O2S. The van der Waals surface area contributed by atoms with Crippen molar-refractivity contribution < 1.29 is 9.53 Å². The molecular weight excluding hydrogens is 356 g/mol. The average Bonchev–Trinajstić information content (AvgIpc) is 3.12. The molecule has 0 unspecified atom stereocenters. The third-order valence-electron chi connectivity index (χ3n) is 5.04. The molecule has 0 saturated carbocycles.